The van der Waals surface area contributed by atoms with E-state index < -0.39 is 34.1 Å². The first-order valence-corrected chi connectivity index (χ1v) is 14.5. The van der Waals surface area contributed by atoms with Crippen LogP contribution in [0.15, 0.2) is 89.8 Å². The predicted molar refractivity (Wildman–Crippen MR) is 156 cm³/mol. The first-order chi connectivity index (χ1) is 18.8. The molecule has 7 nitrogen and oxygen atoms in total. The lowest BCUT2D eigenvalue weighted by atomic mass is 10.0. The summed E-state index contributed by atoms with van der Waals surface area (Å²) in [4.78, 5) is 25.8. The molecule has 0 aliphatic rings. The van der Waals surface area contributed by atoms with Crippen molar-refractivity contribution in [1.82, 2.24) is 0 Å². The number of sulfonamides is 1. The van der Waals surface area contributed by atoms with E-state index in [1.807, 2.05) is 30.3 Å². The van der Waals surface area contributed by atoms with Crippen LogP contribution in [0.25, 0.3) is 10.8 Å². The minimum Gasteiger partial charge on any atom is -0.459 e. The molecule has 0 aromatic heterocycles. The Morgan fingerprint density at radius 2 is 1.45 bits per heavy atom. The molecule has 0 amide bonds. The highest BCUT2D eigenvalue weighted by Gasteiger charge is 2.31. The summed E-state index contributed by atoms with van der Waals surface area (Å²) in [6, 6.07) is 22.9. The van der Waals surface area contributed by atoms with Gasteiger partial charge in [0.2, 0.25) is 0 Å². The summed E-state index contributed by atoms with van der Waals surface area (Å²) in [5.74, 6) is -1.34. The molecular formula is C30H27Cl2NO6S. The number of benzene rings is 4. The lowest BCUT2D eigenvalue weighted by molar-refractivity contribution is -0.152. The van der Waals surface area contributed by atoms with Gasteiger partial charge in [-0.2, -0.15) is 0 Å². The van der Waals surface area contributed by atoms with Gasteiger partial charge >= 0.3 is 11.9 Å². The molecular weight excluding hydrogens is 573 g/mol. The van der Waals surface area contributed by atoms with Crippen LogP contribution in [-0.4, -0.2) is 32.5 Å². The summed E-state index contributed by atoms with van der Waals surface area (Å²) in [6.07, 6.45) is 0. The average Bonchev–Trinajstić information content (AvgIpc) is 2.89. The fourth-order valence-corrected chi connectivity index (χ4v) is 6.24. The van der Waals surface area contributed by atoms with Gasteiger partial charge in [0.05, 0.1) is 16.1 Å². The zero-order valence-corrected chi connectivity index (χ0v) is 24.4. The van der Waals surface area contributed by atoms with E-state index in [0.29, 0.717) is 10.8 Å². The third kappa shape index (κ3) is 6.94. The number of carbonyl (C=O) groups excluding carboxylic acids is 2. The fraction of sp³-hybridized carbons (Fsp3) is 0.200. The highest BCUT2D eigenvalue weighted by molar-refractivity contribution is 7.93. The Morgan fingerprint density at radius 1 is 0.825 bits per heavy atom. The summed E-state index contributed by atoms with van der Waals surface area (Å²) in [7, 11) is -4.37. The number of nitrogens with zero attached hydrogens (tertiary/aromatic N) is 1. The highest BCUT2D eigenvalue weighted by Crippen LogP contribution is 2.34. The molecule has 0 radical (unpaired) electrons. The lowest BCUT2D eigenvalue weighted by Gasteiger charge is -2.27. The minimum absolute atomic E-state index is 0.0738. The Labute approximate surface area is 243 Å². The van der Waals surface area contributed by atoms with Gasteiger partial charge in [-0.25, -0.2) is 13.2 Å². The SMILES string of the molecule is CC(C)(C)OC(=O)CN(c1cccc2c(C(=O)OCc3ccccc3)cccc12)S(=O)(=O)c1cc(Cl)cc(Cl)c1. The summed E-state index contributed by atoms with van der Waals surface area (Å²) in [5, 5.41) is 1.10. The van der Waals surface area contributed by atoms with Gasteiger partial charge in [-0.1, -0.05) is 77.8 Å². The molecule has 4 rings (SSSR count). The van der Waals surface area contributed by atoms with E-state index in [1.165, 1.54) is 18.2 Å². The number of carbonyl (C=O) groups is 2. The Morgan fingerprint density at radius 3 is 2.10 bits per heavy atom. The zero-order chi connectivity index (χ0) is 29.1. The molecule has 0 fully saturated rings. The fourth-order valence-electron chi connectivity index (χ4n) is 4.09. The predicted octanol–water partition coefficient (Wildman–Crippen LogP) is 7.04. The second-order valence-electron chi connectivity index (χ2n) is 9.94. The number of rotatable bonds is 8. The number of esters is 2. The molecule has 40 heavy (non-hydrogen) atoms. The minimum atomic E-state index is -4.37. The zero-order valence-electron chi connectivity index (χ0n) is 22.1. The van der Waals surface area contributed by atoms with Crippen molar-refractivity contribution in [1.29, 1.82) is 0 Å². The maximum absolute atomic E-state index is 14.0. The van der Waals surface area contributed by atoms with E-state index in [0.717, 1.165) is 9.87 Å². The first-order valence-electron chi connectivity index (χ1n) is 12.3. The highest BCUT2D eigenvalue weighted by atomic mass is 35.5. The van der Waals surface area contributed by atoms with Crippen LogP contribution in [0.3, 0.4) is 0 Å². The normalized spacial score (nSPS) is 11.7. The van der Waals surface area contributed by atoms with Crippen molar-refractivity contribution in [3.8, 4) is 0 Å². The van der Waals surface area contributed by atoms with E-state index >= 15 is 0 Å². The molecule has 0 spiro atoms. The summed E-state index contributed by atoms with van der Waals surface area (Å²) in [5.41, 5.74) is 0.389. The Hall–Kier alpha value is -3.59. The number of halogens is 2. The van der Waals surface area contributed by atoms with Crippen LogP contribution in [0.2, 0.25) is 10.0 Å². The molecule has 0 atom stereocenters. The molecule has 0 unspecified atom stereocenters. The van der Waals surface area contributed by atoms with Gasteiger partial charge in [0, 0.05) is 15.4 Å². The van der Waals surface area contributed by atoms with E-state index in [-0.39, 0.29) is 32.8 Å². The van der Waals surface area contributed by atoms with E-state index in [9.17, 15) is 18.0 Å². The molecule has 0 saturated heterocycles. The van der Waals surface area contributed by atoms with Crippen LogP contribution in [0.5, 0.6) is 0 Å². The smallest absolute Gasteiger partial charge is 0.339 e. The van der Waals surface area contributed by atoms with Crippen molar-refractivity contribution in [2.45, 2.75) is 37.9 Å². The van der Waals surface area contributed by atoms with Crippen LogP contribution < -0.4 is 4.31 Å². The van der Waals surface area contributed by atoms with Crippen molar-refractivity contribution in [2.75, 3.05) is 10.8 Å². The quantitative estimate of drug-likeness (QED) is 0.202. The number of hydrogen-bond acceptors (Lipinski definition) is 6. The summed E-state index contributed by atoms with van der Waals surface area (Å²) >= 11 is 12.2. The molecule has 0 heterocycles. The molecule has 10 heteroatoms. The molecule has 0 aliphatic heterocycles. The van der Waals surface area contributed by atoms with Gasteiger partial charge < -0.3 is 9.47 Å². The Kier molecular flexibility index (Phi) is 8.73. The van der Waals surface area contributed by atoms with Crippen LogP contribution in [0, 0.1) is 0 Å². The van der Waals surface area contributed by atoms with Crippen LogP contribution in [-0.2, 0) is 30.9 Å². The van der Waals surface area contributed by atoms with E-state index in [1.54, 1.807) is 57.2 Å². The van der Waals surface area contributed by atoms with Gasteiger partial charge in [-0.15, -0.1) is 0 Å². The van der Waals surface area contributed by atoms with Crippen molar-refractivity contribution in [3.05, 3.63) is 106 Å². The Bertz CT molecular complexity index is 1650. The van der Waals surface area contributed by atoms with E-state index in [2.05, 4.69) is 0 Å². The third-order valence-corrected chi connectivity index (χ3v) is 7.89. The summed E-state index contributed by atoms with van der Waals surface area (Å²) in [6.45, 7) is 4.50. The summed E-state index contributed by atoms with van der Waals surface area (Å²) < 4.78 is 39.8. The van der Waals surface area contributed by atoms with Crippen molar-refractivity contribution in [2.24, 2.45) is 0 Å². The topological polar surface area (TPSA) is 90.0 Å². The van der Waals surface area contributed by atoms with Gasteiger partial charge in [0.1, 0.15) is 18.8 Å². The van der Waals surface area contributed by atoms with Crippen molar-refractivity contribution < 1.29 is 27.5 Å². The number of hydrogen-bond donors (Lipinski definition) is 0. The monoisotopic (exact) mass is 599 g/mol. The van der Waals surface area contributed by atoms with Crippen LogP contribution in [0.4, 0.5) is 5.69 Å². The number of anilines is 1. The van der Waals surface area contributed by atoms with Gasteiger partial charge in [-0.05, 0) is 62.1 Å². The average molecular weight is 601 g/mol. The van der Waals surface area contributed by atoms with Crippen LogP contribution in [0.1, 0.15) is 36.7 Å². The number of fused-ring (bicyclic) bond motifs is 1. The maximum atomic E-state index is 14.0. The van der Waals surface area contributed by atoms with Gasteiger partial charge in [-0.3, -0.25) is 9.10 Å². The first kappa shape index (κ1) is 29.4. The molecule has 208 valence electrons. The second kappa shape index (κ2) is 11.9. The Balaban J connectivity index is 1.80. The van der Waals surface area contributed by atoms with Crippen molar-refractivity contribution in [3.63, 3.8) is 0 Å². The standard InChI is InChI=1S/C30H27Cl2NO6S/c1-30(2,3)39-28(34)18-33(40(36,37)23-16-21(31)15-22(32)17-23)27-14-8-11-24-25(27)12-7-13-26(24)29(35)38-19-20-9-5-4-6-10-20/h4-17H,18-19H2,1-3H3. The maximum Gasteiger partial charge on any atom is 0.339 e. The van der Waals surface area contributed by atoms with Gasteiger partial charge in [0.25, 0.3) is 10.0 Å². The molecule has 0 saturated carbocycles. The van der Waals surface area contributed by atoms with Crippen molar-refractivity contribution >= 4 is 61.6 Å². The molecule has 4 aromatic carbocycles. The largest absolute Gasteiger partial charge is 0.459 e. The molecule has 4 aromatic rings. The lowest BCUT2D eigenvalue weighted by Crippen LogP contribution is -2.39. The third-order valence-electron chi connectivity index (χ3n) is 5.72. The second-order valence-corrected chi connectivity index (χ2v) is 12.7. The van der Waals surface area contributed by atoms with Crippen LogP contribution >= 0.6 is 23.2 Å². The molecule has 0 aliphatic carbocycles. The number of ether oxygens (including phenoxy) is 2. The molecule has 0 bridgehead atoms. The van der Waals surface area contributed by atoms with E-state index in [4.69, 9.17) is 32.7 Å². The van der Waals surface area contributed by atoms with Gasteiger partial charge in [0.15, 0.2) is 0 Å². The molecule has 0 N–H and O–H groups in total.